The summed E-state index contributed by atoms with van der Waals surface area (Å²) in [6.07, 6.45) is 1.86. The molecule has 0 radical (unpaired) electrons. The first kappa shape index (κ1) is 17.7. The number of carbonyl (C=O) groups is 1. The molecule has 0 unspecified atom stereocenters. The minimum atomic E-state index is 0.0232. The molecule has 1 aliphatic rings. The van der Waals surface area contributed by atoms with Crippen molar-refractivity contribution in [3.8, 4) is 5.82 Å². The third kappa shape index (κ3) is 3.42. The molecule has 0 spiro atoms. The van der Waals surface area contributed by atoms with Crippen molar-refractivity contribution in [2.24, 2.45) is 0 Å². The van der Waals surface area contributed by atoms with Gasteiger partial charge in [-0.25, -0.2) is 4.68 Å². The number of amides is 1. The van der Waals surface area contributed by atoms with Crippen LogP contribution in [0.15, 0.2) is 42.6 Å². The van der Waals surface area contributed by atoms with Gasteiger partial charge in [-0.3, -0.25) is 4.79 Å². The first-order valence-corrected chi connectivity index (χ1v) is 10.0. The summed E-state index contributed by atoms with van der Waals surface area (Å²) in [5.74, 6) is 1.51. The third-order valence-corrected chi connectivity index (χ3v) is 5.54. The summed E-state index contributed by atoms with van der Waals surface area (Å²) >= 11 is 1.16. The number of rotatable bonds is 3. The molecule has 0 bridgehead atoms. The largest absolute Gasteiger partial charge is 0.352 e. The van der Waals surface area contributed by atoms with E-state index < -0.39 is 0 Å². The molecule has 1 saturated heterocycles. The Kier molecular flexibility index (Phi) is 4.39. The highest BCUT2D eigenvalue weighted by Crippen LogP contribution is 2.18. The molecule has 1 amide bonds. The Hall–Kier alpha value is -3.40. The van der Waals surface area contributed by atoms with E-state index in [9.17, 15) is 4.79 Å². The van der Waals surface area contributed by atoms with Crippen molar-refractivity contribution < 1.29 is 4.79 Å². The number of fused-ring (bicyclic) bond motifs is 1. The van der Waals surface area contributed by atoms with Crippen molar-refractivity contribution in [2.75, 3.05) is 31.1 Å². The van der Waals surface area contributed by atoms with Crippen molar-refractivity contribution in [3.05, 3.63) is 53.9 Å². The molecule has 9 nitrogen and oxygen atoms in total. The Labute approximate surface area is 170 Å². The van der Waals surface area contributed by atoms with Crippen LogP contribution in [0.5, 0.6) is 0 Å². The maximum Gasteiger partial charge on any atom is 0.254 e. The second kappa shape index (κ2) is 7.21. The number of carbonyl (C=O) groups excluding carboxylic acids is 1. The molecule has 3 aromatic heterocycles. The standard InChI is InChI=1S/C19H18N8OS/c1-13-6-7-27(22-13)18-5-4-17(20-21-18)25-8-10-26(11-9-25)19(28)14-2-3-15-16(12-14)24-29-23-15/h2-7,12H,8-11H2,1H3. The second-order valence-electron chi connectivity index (χ2n) is 6.90. The van der Waals surface area contributed by atoms with Gasteiger partial charge in [0.15, 0.2) is 11.6 Å². The molecule has 0 saturated carbocycles. The predicted molar refractivity (Wildman–Crippen MR) is 109 cm³/mol. The number of nitrogens with zero attached hydrogens (tertiary/aromatic N) is 8. The van der Waals surface area contributed by atoms with Gasteiger partial charge in [-0.2, -0.15) is 13.8 Å². The molecule has 5 rings (SSSR count). The summed E-state index contributed by atoms with van der Waals surface area (Å²) in [6, 6.07) is 11.3. The lowest BCUT2D eigenvalue weighted by molar-refractivity contribution is 0.0746. The van der Waals surface area contributed by atoms with E-state index >= 15 is 0 Å². The average Bonchev–Trinajstić information content (AvgIpc) is 3.42. The maximum atomic E-state index is 12.8. The zero-order valence-electron chi connectivity index (χ0n) is 15.8. The lowest BCUT2D eigenvalue weighted by Crippen LogP contribution is -2.49. The highest BCUT2D eigenvalue weighted by atomic mass is 32.1. The Morgan fingerprint density at radius 1 is 0.931 bits per heavy atom. The fourth-order valence-electron chi connectivity index (χ4n) is 3.39. The highest BCUT2D eigenvalue weighted by Gasteiger charge is 2.23. The van der Waals surface area contributed by atoms with Crippen molar-refractivity contribution >= 4 is 34.5 Å². The summed E-state index contributed by atoms with van der Waals surface area (Å²) in [4.78, 5) is 16.8. The number of aryl methyl sites for hydroxylation is 1. The van der Waals surface area contributed by atoms with Gasteiger partial charge >= 0.3 is 0 Å². The molecule has 1 aliphatic heterocycles. The van der Waals surface area contributed by atoms with Crippen molar-refractivity contribution in [1.82, 2.24) is 33.6 Å². The molecular weight excluding hydrogens is 388 g/mol. The molecule has 29 heavy (non-hydrogen) atoms. The lowest BCUT2D eigenvalue weighted by Gasteiger charge is -2.35. The van der Waals surface area contributed by atoms with Gasteiger partial charge in [0, 0.05) is 37.9 Å². The van der Waals surface area contributed by atoms with Crippen molar-refractivity contribution in [2.45, 2.75) is 6.92 Å². The molecular formula is C19H18N8OS. The minimum absolute atomic E-state index is 0.0232. The van der Waals surface area contributed by atoms with Crippen LogP contribution in [0.4, 0.5) is 5.82 Å². The average molecular weight is 406 g/mol. The Morgan fingerprint density at radius 2 is 1.69 bits per heavy atom. The van der Waals surface area contributed by atoms with Crippen LogP contribution in [0.25, 0.3) is 16.9 Å². The number of hydrogen-bond acceptors (Lipinski definition) is 8. The van der Waals surface area contributed by atoms with Crippen molar-refractivity contribution in [1.29, 1.82) is 0 Å². The molecule has 0 N–H and O–H groups in total. The van der Waals surface area contributed by atoms with E-state index in [0.717, 1.165) is 34.3 Å². The summed E-state index contributed by atoms with van der Waals surface area (Å²) < 4.78 is 10.1. The first-order valence-electron chi connectivity index (χ1n) is 9.30. The van der Waals surface area contributed by atoms with Gasteiger partial charge < -0.3 is 9.80 Å². The van der Waals surface area contributed by atoms with Gasteiger partial charge in [0.05, 0.1) is 17.4 Å². The lowest BCUT2D eigenvalue weighted by atomic mass is 10.1. The van der Waals surface area contributed by atoms with E-state index in [1.165, 1.54) is 0 Å². The van der Waals surface area contributed by atoms with Crippen LogP contribution in [0.2, 0.25) is 0 Å². The molecule has 1 aromatic carbocycles. The van der Waals surface area contributed by atoms with E-state index in [0.29, 0.717) is 37.6 Å². The van der Waals surface area contributed by atoms with Crippen LogP contribution in [0.1, 0.15) is 16.1 Å². The Morgan fingerprint density at radius 3 is 2.41 bits per heavy atom. The number of anilines is 1. The summed E-state index contributed by atoms with van der Waals surface area (Å²) in [7, 11) is 0. The zero-order chi connectivity index (χ0) is 19.8. The van der Waals surface area contributed by atoms with Crippen LogP contribution in [0.3, 0.4) is 0 Å². The SMILES string of the molecule is Cc1ccn(-c2ccc(N3CCN(C(=O)c4ccc5nsnc5c4)CC3)nn2)n1. The fraction of sp³-hybridized carbons (Fsp3) is 0.263. The van der Waals surface area contributed by atoms with Crippen LogP contribution >= 0.6 is 11.7 Å². The summed E-state index contributed by atoms with van der Waals surface area (Å²) in [5, 5.41) is 13.0. The maximum absolute atomic E-state index is 12.8. The van der Waals surface area contributed by atoms with Gasteiger partial charge in [-0.15, -0.1) is 10.2 Å². The van der Waals surface area contributed by atoms with Crippen LogP contribution in [-0.2, 0) is 0 Å². The van der Waals surface area contributed by atoms with Crippen molar-refractivity contribution in [3.63, 3.8) is 0 Å². The monoisotopic (exact) mass is 406 g/mol. The molecule has 4 heterocycles. The zero-order valence-corrected chi connectivity index (χ0v) is 16.6. The van der Waals surface area contributed by atoms with Crippen LogP contribution in [0, 0.1) is 6.92 Å². The number of piperazine rings is 1. The van der Waals surface area contributed by atoms with Gasteiger partial charge in [0.2, 0.25) is 0 Å². The highest BCUT2D eigenvalue weighted by molar-refractivity contribution is 7.00. The molecule has 1 fully saturated rings. The predicted octanol–water partition coefficient (Wildman–Crippen LogP) is 1.94. The van der Waals surface area contributed by atoms with Gasteiger partial charge in [0.1, 0.15) is 11.0 Å². The van der Waals surface area contributed by atoms with E-state index in [4.69, 9.17) is 0 Å². The van der Waals surface area contributed by atoms with Gasteiger partial charge in [-0.05, 0) is 43.3 Å². The van der Waals surface area contributed by atoms with E-state index in [1.54, 1.807) is 4.68 Å². The topological polar surface area (TPSA) is 92.9 Å². The molecule has 146 valence electrons. The molecule has 0 atom stereocenters. The first-order chi connectivity index (χ1) is 14.2. The van der Waals surface area contributed by atoms with E-state index in [1.807, 2.05) is 54.4 Å². The van der Waals surface area contributed by atoms with Crippen LogP contribution < -0.4 is 4.90 Å². The Bertz CT molecular complexity index is 1160. The number of benzene rings is 1. The quantitative estimate of drug-likeness (QED) is 0.513. The summed E-state index contributed by atoms with van der Waals surface area (Å²) in [6.45, 7) is 4.62. The fourth-order valence-corrected chi connectivity index (χ4v) is 3.91. The summed E-state index contributed by atoms with van der Waals surface area (Å²) in [5.41, 5.74) is 3.17. The minimum Gasteiger partial charge on any atom is -0.352 e. The van der Waals surface area contributed by atoms with Gasteiger partial charge in [-0.1, -0.05) is 0 Å². The molecule has 10 heteroatoms. The number of hydrogen-bond donors (Lipinski definition) is 0. The Balaban J connectivity index is 1.24. The second-order valence-corrected chi connectivity index (χ2v) is 7.43. The van der Waals surface area contributed by atoms with Gasteiger partial charge in [0.25, 0.3) is 5.91 Å². The van der Waals surface area contributed by atoms with E-state index in [-0.39, 0.29) is 5.91 Å². The third-order valence-electron chi connectivity index (χ3n) is 4.99. The normalized spacial score (nSPS) is 14.5. The van der Waals surface area contributed by atoms with E-state index in [2.05, 4.69) is 28.9 Å². The molecule has 4 aromatic rings. The smallest absolute Gasteiger partial charge is 0.254 e. The molecule has 0 aliphatic carbocycles. The van der Waals surface area contributed by atoms with Crippen LogP contribution in [-0.4, -0.2) is 65.7 Å². The number of aromatic nitrogens is 6.